The van der Waals surface area contributed by atoms with E-state index in [2.05, 4.69) is 0 Å². The van der Waals surface area contributed by atoms with Crippen LogP contribution in [0.3, 0.4) is 0 Å². The number of hydrogen-bond acceptors (Lipinski definition) is 4. The molecule has 0 aromatic heterocycles. The van der Waals surface area contributed by atoms with Gasteiger partial charge in [-0.25, -0.2) is 12.8 Å². The average Bonchev–Trinajstić information content (AvgIpc) is 2.27. The van der Waals surface area contributed by atoms with Crippen molar-refractivity contribution >= 4 is 15.5 Å². The van der Waals surface area contributed by atoms with Crippen LogP contribution in [-0.4, -0.2) is 33.3 Å². The van der Waals surface area contributed by atoms with Crippen molar-refractivity contribution in [3.63, 3.8) is 0 Å². The van der Waals surface area contributed by atoms with Crippen LogP contribution in [0.1, 0.15) is 6.92 Å². The van der Waals surface area contributed by atoms with Crippen LogP contribution in [0.4, 0.5) is 10.1 Å². The van der Waals surface area contributed by atoms with Crippen LogP contribution in [0.2, 0.25) is 0 Å². The van der Waals surface area contributed by atoms with Gasteiger partial charge in [-0.05, 0) is 25.1 Å². The summed E-state index contributed by atoms with van der Waals surface area (Å²) in [6.45, 7) is 2.65. The van der Waals surface area contributed by atoms with Crippen LogP contribution in [0.5, 0.6) is 0 Å². The molecule has 0 aliphatic carbocycles. The fourth-order valence-electron chi connectivity index (χ4n) is 2.01. The van der Waals surface area contributed by atoms with Gasteiger partial charge in [0, 0.05) is 19.1 Å². The number of nitrogens with two attached hydrogens (primary N) is 1. The van der Waals surface area contributed by atoms with Crippen LogP contribution >= 0.6 is 0 Å². The summed E-state index contributed by atoms with van der Waals surface area (Å²) >= 11 is 0. The van der Waals surface area contributed by atoms with Gasteiger partial charge in [0.1, 0.15) is 5.82 Å². The lowest BCUT2D eigenvalue weighted by Crippen LogP contribution is -2.44. The van der Waals surface area contributed by atoms with Crippen molar-refractivity contribution in [3.05, 3.63) is 24.0 Å². The number of benzene rings is 1. The molecule has 17 heavy (non-hydrogen) atoms. The summed E-state index contributed by atoms with van der Waals surface area (Å²) in [4.78, 5) is 2.05. The molecule has 1 atom stereocenters. The van der Waals surface area contributed by atoms with E-state index in [0.29, 0.717) is 18.8 Å². The molecule has 0 bridgehead atoms. The van der Waals surface area contributed by atoms with E-state index in [4.69, 9.17) is 5.73 Å². The third kappa shape index (κ3) is 2.14. The van der Waals surface area contributed by atoms with E-state index in [9.17, 15) is 12.8 Å². The van der Waals surface area contributed by atoms with Crippen LogP contribution in [-0.2, 0) is 9.84 Å². The molecule has 6 heteroatoms. The molecule has 0 fully saturated rings. The maximum atomic E-state index is 13.2. The van der Waals surface area contributed by atoms with Crippen molar-refractivity contribution in [1.82, 2.24) is 0 Å². The molecule has 1 heterocycles. The number of rotatable bonds is 2. The van der Waals surface area contributed by atoms with E-state index < -0.39 is 15.7 Å². The van der Waals surface area contributed by atoms with Crippen LogP contribution in [0.15, 0.2) is 23.1 Å². The second-order valence-corrected chi connectivity index (χ2v) is 6.29. The first-order chi connectivity index (χ1) is 7.95. The van der Waals surface area contributed by atoms with Gasteiger partial charge in [0.2, 0.25) is 0 Å². The number of fused-ring (bicyclic) bond motifs is 1. The highest BCUT2D eigenvalue weighted by Gasteiger charge is 2.30. The van der Waals surface area contributed by atoms with Gasteiger partial charge < -0.3 is 10.6 Å². The molecular formula is C11H15FN2O2S. The maximum Gasteiger partial charge on any atom is 0.182 e. The normalized spacial score (nSPS) is 19.8. The zero-order valence-corrected chi connectivity index (χ0v) is 10.4. The van der Waals surface area contributed by atoms with Crippen molar-refractivity contribution in [2.45, 2.75) is 17.9 Å². The van der Waals surface area contributed by atoms with E-state index in [0.717, 1.165) is 0 Å². The minimum Gasteiger partial charge on any atom is -0.365 e. The molecule has 2 N–H and O–H groups in total. The molecular weight excluding hydrogens is 243 g/mol. The van der Waals surface area contributed by atoms with Crippen molar-refractivity contribution in [3.8, 4) is 0 Å². The van der Waals surface area contributed by atoms with Crippen molar-refractivity contribution in [2.24, 2.45) is 5.73 Å². The Kier molecular flexibility index (Phi) is 3.09. The quantitative estimate of drug-likeness (QED) is 0.796. The molecule has 4 nitrogen and oxygen atoms in total. The summed E-state index contributed by atoms with van der Waals surface area (Å²) in [5.41, 5.74) is 6.01. The summed E-state index contributed by atoms with van der Waals surface area (Å²) in [5, 5.41) is 0. The Balaban J connectivity index is 2.57. The molecule has 0 saturated heterocycles. The Hall–Kier alpha value is -1.14. The van der Waals surface area contributed by atoms with Crippen molar-refractivity contribution in [1.29, 1.82) is 0 Å². The van der Waals surface area contributed by atoms with Gasteiger partial charge in [0.05, 0.1) is 16.3 Å². The number of sulfone groups is 1. The molecule has 1 aliphatic heterocycles. The molecule has 0 saturated carbocycles. The molecule has 1 aromatic carbocycles. The Morgan fingerprint density at radius 3 is 2.88 bits per heavy atom. The summed E-state index contributed by atoms with van der Waals surface area (Å²) in [6.07, 6.45) is 0. The number of anilines is 1. The van der Waals surface area contributed by atoms with Gasteiger partial charge in [-0.15, -0.1) is 0 Å². The van der Waals surface area contributed by atoms with Gasteiger partial charge in [0.25, 0.3) is 0 Å². The fraction of sp³-hybridized carbons (Fsp3) is 0.455. The highest BCUT2D eigenvalue weighted by molar-refractivity contribution is 7.91. The molecule has 1 aliphatic rings. The smallest absolute Gasteiger partial charge is 0.182 e. The van der Waals surface area contributed by atoms with Gasteiger partial charge in [-0.2, -0.15) is 0 Å². The van der Waals surface area contributed by atoms with E-state index in [1.54, 1.807) is 0 Å². The molecule has 94 valence electrons. The average molecular weight is 258 g/mol. The van der Waals surface area contributed by atoms with E-state index >= 15 is 0 Å². The molecule has 1 unspecified atom stereocenters. The Morgan fingerprint density at radius 1 is 1.53 bits per heavy atom. The molecule has 2 rings (SSSR count). The lowest BCUT2D eigenvalue weighted by Gasteiger charge is -2.35. The topological polar surface area (TPSA) is 63.4 Å². The molecule has 0 spiro atoms. The second kappa shape index (κ2) is 4.27. The highest BCUT2D eigenvalue weighted by Crippen LogP contribution is 2.32. The highest BCUT2D eigenvalue weighted by atomic mass is 32.2. The van der Waals surface area contributed by atoms with Gasteiger partial charge in [-0.3, -0.25) is 0 Å². The number of hydrogen-bond donors (Lipinski definition) is 1. The number of nitrogens with zero attached hydrogens (tertiary/aromatic N) is 1. The SMILES string of the molecule is CC(CN)N1CCS(=O)(=O)c2ccc(F)cc21. The fourth-order valence-corrected chi connectivity index (χ4v) is 3.44. The van der Waals surface area contributed by atoms with Crippen LogP contribution < -0.4 is 10.6 Å². The van der Waals surface area contributed by atoms with Crippen molar-refractivity contribution in [2.75, 3.05) is 23.7 Å². The molecule has 0 radical (unpaired) electrons. The summed E-state index contributed by atoms with van der Waals surface area (Å²) in [5.74, 6) is -0.384. The van der Waals surface area contributed by atoms with E-state index in [1.165, 1.54) is 18.2 Å². The summed E-state index contributed by atoms with van der Waals surface area (Å²) in [7, 11) is -3.28. The minimum atomic E-state index is -3.28. The first kappa shape index (κ1) is 12.3. The third-order valence-corrected chi connectivity index (χ3v) is 4.77. The monoisotopic (exact) mass is 258 g/mol. The summed E-state index contributed by atoms with van der Waals surface area (Å²) < 4.78 is 37.0. The standard InChI is InChI=1S/C11H15FN2O2S/c1-8(7-13)14-4-5-17(15,16)11-3-2-9(12)6-10(11)14/h2-3,6,8H,4-5,7,13H2,1H3. The van der Waals surface area contributed by atoms with Crippen LogP contribution in [0.25, 0.3) is 0 Å². The Bertz CT molecular complexity index is 530. The first-order valence-electron chi connectivity index (χ1n) is 5.45. The molecule has 1 aromatic rings. The zero-order valence-electron chi connectivity index (χ0n) is 9.56. The van der Waals surface area contributed by atoms with E-state index in [-0.39, 0.29) is 16.7 Å². The minimum absolute atomic E-state index is 0.00829. The van der Waals surface area contributed by atoms with Crippen LogP contribution in [0, 0.1) is 5.82 Å². The predicted molar refractivity (Wildman–Crippen MR) is 64.3 cm³/mol. The largest absolute Gasteiger partial charge is 0.365 e. The van der Waals surface area contributed by atoms with Gasteiger partial charge >= 0.3 is 0 Å². The second-order valence-electron chi connectivity index (χ2n) is 4.21. The predicted octanol–water partition coefficient (Wildman–Crippen LogP) is 0.767. The number of halogens is 1. The lowest BCUT2D eigenvalue weighted by molar-refractivity contribution is 0.575. The third-order valence-electron chi connectivity index (χ3n) is 3.04. The summed E-state index contributed by atoms with van der Waals surface area (Å²) in [6, 6.07) is 3.76. The molecule has 0 amide bonds. The van der Waals surface area contributed by atoms with Gasteiger partial charge in [0.15, 0.2) is 9.84 Å². The lowest BCUT2D eigenvalue weighted by atomic mass is 10.2. The van der Waals surface area contributed by atoms with Crippen molar-refractivity contribution < 1.29 is 12.8 Å². The maximum absolute atomic E-state index is 13.2. The first-order valence-corrected chi connectivity index (χ1v) is 7.10. The van der Waals surface area contributed by atoms with Gasteiger partial charge in [-0.1, -0.05) is 0 Å². The Labute approximate surface area is 100 Å². The Morgan fingerprint density at radius 2 is 2.24 bits per heavy atom. The van der Waals surface area contributed by atoms with E-state index in [1.807, 2.05) is 11.8 Å². The zero-order chi connectivity index (χ0) is 12.6.